The molecule has 3 atom stereocenters. The standard InChI is InChI=1S/C20H18ClN3O2/c21-19(25)12-7-9-13(10-8-12)24-20(26)16-17(11-5-6-11)22-15-4-2-1-3-14(15)18(16)23-24/h1-4,7-11,16-18,22-23H,5-6H2. The topological polar surface area (TPSA) is 61.4 Å². The first-order chi connectivity index (χ1) is 12.6. The maximum atomic E-state index is 13.2. The van der Waals surface area contributed by atoms with E-state index < -0.39 is 5.24 Å². The highest BCUT2D eigenvalue weighted by atomic mass is 35.5. The Bertz CT molecular complexity index is 894. The zero-order valence-corrected chi connectivity index (χ0v) is 14.7. The van der Waals surface area contributed by atoms with Crippen molar-refractivity contribution >= 4 is 34.1 Å². The van der Waals surface area contributed by atoms with E-state index in [4.69, 9.17) is 11.6 Å². The second-order valence-corrected chi connectivity index (χ2v) is 7.56. The van der Waals surface area contributed by atoms with Gasteiger partial charge in [-0.3, -0.25) is 9.59 Å². The zero-order valence-electron chi connectivity index (χ0n) is 14.0. The molecule has 1 amide bonds. The number of carbonyl (C=O) groups is 2. The number of hydrazine groups is 1. The van der Waals surface area contributed by atoms with Gasteiger partial charge in [-0.05, 0) is 66.3 Å². The van der Waals surface area contributed by atoms with E-state index in [0.717, 1.165) is 16.9 Å². The summed E-state index contributed by atoms with van der Waals surface area (Å²) in [4.78, 5) is 24.5. The monoisotopic (exact) mass is 367 g/mol. The van der Waals surface area contributed by atoms with E-state index >= 15 is 0 Å². The van der Waals surface area contributed by atoms with Crippen LogP contribution in [0, 0.1) is 11.8 Å². The Morgan fingerprint density at radius 3 is 2.50 bits per heavy atom. The number of para-hydroxylation sites is 1. The Morgan fingerprint density at radius 1 is 1.08 bits per heavy atom. The van der Waals surface area contributed by atoms with E-state index in [2.05, 4.69) is 22.9 Å². The molecule has 2 aromatic rings. The van der Waals surface area contributed by atoms with E-state index in [9.17, 15) is 9.59 Å². The zero-order chi connectivity index (χ0) is 17.8. The maximum absolute atomic E-state index is 13.2. The SMILES string of the molecule is O=C(Cl)c1ccc(N2NC3c4ccccc4NC(C4CC4)C3C2=O)cc1. The lowest BCUT2D eigenvalue weighted by molar-refractivity contribution is -0.121. The first-order valence-corrected chi connectivity index (χ1v) is 9.27. The van der Waals surface area contributed by atoms with Crippen molar-refractivity contribution in [2.75, 3.05) is 10.3 Å². The van der Waals surface area contributed by atoms with Gasteiger partial charge in [0.2, 0.25) is 5.91 Å². The first-order valence-electron chi connectivity index (χ1n) is 8.89. The van der Waals surface area contributed by atoms with Crippen LogP contribution in [0.15, 0.2) is 48.5 Å². The van der Waals surface area contributed by atoms with Gasteiger partial charge < -0.3 is 5.32 Å². The third-order valence-electron chi connectivity index (χ3n) is 5.62. The van der Waals surface area contributed by atoms with Crippen LogP contribution in [0.3, 0.4) is 0 Å². The molecule has 0 aromatic heterocycles. The molecule has 2 aliphatic heterocycles. The van der Waals surface area contributed by atoms with Crippen molar-refractivity contribution in [2.24, 2.45) is 11.8 Å². The molecule has 1 aliphatic carbocycles. The highest BCUT2D eigenvalue weighted by Gasteiger charge is 2.53. The Balaban J connectivity index is 1.52. The van der Waals surface area contributed by atoms with Gasteiger partial charge in [0.25, 0.3) is 5.24 Å². The third kappa shape index (κ3) is 2.42. The number of rotatable bonds is 3. The number of hydrogen-bond acceptors (Lipinski definition) is 4. The van der Waals surface area contributed by atoms with Crippen molar-refractivity contribution in [1.29, 1.82) is 0 Å². The number of benzene rings is 2. The van der Waals surface area contributed by atoms with Gasteiger partial charge in [0.15, 0.2) is 0 Å². The molecule has 6 heteroatoms. The molecular formula is C20H18ClN3O2. The molecule has 2 heterocycles. The number of nitrogens with zero attached hydrogens (tertiary/aromatic N) is 1. The van der Waals surface area contributed by atoms with Gasteiger partial charge in [-0.2, -0.15) is 0 Å². The smallest absolute Gasteiger partial charge is 0.252 e. The average Bonchev–Trinajstić information content (AvgIpc) is 3.45. The fourth-order valence-electron chi connectivity index (χ4n) is 4.18. The number of anilines is 2. The first kappa shape index (κ1) is 15.9. The molecule has 2 fully saturated rings. The molecule has 0 bridgehead atoms. The van der Waals surface area contributed by atoms with Gasteiger partial charge in [0, 0.05) is 17.3 Å². The van der Waals surface area contributed by atoms with Crippen molar-refractivity contribution in [1.82, 2.24) is 5.43 Å². The number of carbonyl (C=O) groups excluding carboxylic acids is 2. The molecule has 5 nitrogen and oxygen atoms in total. The summed E-state index contributed by atoms with van der Waals surface area (Å²) >= 11 is 5.52. The number of amides is 1. The molecule has 2 aromatic carbocycles. The summed E-state index contributed by atoms with van der Waals surface area (Å²) in [5.74, 6) is 0.489. The summed E-state index contributed by atoms with van der Waals surface area (Å²) in [5.41, 5.74) is 6.77. The second kappa shape index (κ2) is 5.83. The lowest BCUT2D eigenvalue weighted by Crippen LogP contribution is -2.42. The molecule has 2 N–H and O–H groups in total. The molecule has 0 radical (unpaired) electrons. The minimum atomic E-state index is -0.502. The summed E-state index contributed by atoms with van der Waals surface area (Å²) in [6, 6.07) is 15.1. The van der Waals surface area contributed by atoms with Gasteiger partial charge >= 0.3 is 0 Å². The van der Waals surface area contributed by atoms with Crippen LogP contribution in [0.1, 0.15) is 34.8 Å². The minimum Gasteiger partial charge on any atom is -0.381 e. The summed E-state index contributed by atoms with van der Waals surface area (Å²) < 4.78 is 0. The molecule has 26 heavy (non-hydrogen) atoms. The van der Waals surface area contributed by atoms with Crippen LogP contribution in [0.5, 0.6) is 0 Å². The van der Waals surface area contributed by atoms with Crippen molar-refractivity contribution in [3.63, 3.8) is 0 Å². The van der Waals surface area contributed by atoms with E-state index in [1.54, 1.807) is 29.3 Å². The molecule has 3 unspecified atom stereocenters. The molecular weight excluding hydrogens is 350 g/mol. The Labute approximate surface area is 156 Å². The van der Waals surface area contributed by atoms with Gasteiger partial charge in [-0.15, -0.1) is 0 Å². The second-order valence-electron chi connectivity index (χ2n) is 7.22. The number of nitrogens with one attached hydrogen (secondary N) is 2. The largest absolute Gasteiger partial charge is 0.381 e. The summed E-state index contributed by atoms with van der Waals surface area (Å²) in [5, 5.41) is 4.73. The average molecular weight is 368 g/mol. The van der Waals surface area contributed by atoms with Crippen LogP contribution < -0.4 is 15.8 Å². The summed E-state index contributed by atoms with van der Waals surface area (Å²) in [7, 11) is 0. The lowest BCUT2D eigenvalue weighted by atomic mass is 9.81. The minimum absolute atomic E-state index is 0.0418. The summed E-state index contributed by atoms with van der Waals surface area (Å²) in [6.07, 6.45) is 2.34. The van der Waals surface area contributed by atoms with Crippen molar-refractivity contribution in [3.05, 3.63) is 59.7 Å². The van der Waals surface area contributed by atoms with Crippen LogP contribution >= 0.6 is 11.6 Å². The van der Waals surface area contributed by atoms with Crippen molar-refractivity contribution < 1.29 is 9.59 Å². The van der Waals surface area contributed by atoms with Gasteiger partial charge in [0.05, 0.1) is 17.6 Å². The van der Waals surface area contributed by atoms with E-state index in [1.165, 1.54) is 12.8 Å². The number of hydrogen-bond donors (Lipinski definition) is 2. The van der Waals surface area contributed by atoms with Crippen LogP contribution in [0.4, 0.5) is 11.4 Å². The fraction of sp³-hybridized carbons (Fsp3) is 0.300. The van der Waals surface area contributed by atoms with Gasteiger partial charge in [-0.1, -0.05) is 18.2 Å². The van der Waals surface area contributed by atoms with Gasteiger partial charge in [-0.25, -0.2) is 10.4 Å². The van der Waals surface area contributed by atoms with E-state index in [1.807, 2.05) is 12.1 Å². The van der Waals surface area contributed by atoms with Crippen LogP contribution in [-0.2, 0) is 4.79 Å². The highest BCUT2D eigenvalue weighted by Crippen LogP contribution is 2.48. The van der Waals surface area contributed by atoms with E-state index in [0.29, 0.717) is 11.5 Å². The molecule has 3 aliphatic rings. The van der Waals surface area contributed by atoms with E-state index in [-0.39, 0.29) is 23.9 Å². The molecule has 0 spiro atoms. The normalized spacial score (nSPS) is 26.9. The number of halogens is 1. The molecule has 1 saturated heterocycles. The van der Waals surface area contributed by atoms with Crippen LogP contribution in [0.2, 0.25) is 0 Å². The predicted octanol–water partition coefficient (Wildman–Crippen LogP) is 3.48. The lowest BCUT2D eigenvalue weighted by Gasteiger charge is -2.34. The van der Waals surface area contributed by atoms with Crippen molar-refractivity contribution in [2.45, 2.75) is 24.9 Å². The Kier molecular flexibility index (Phi) is 3.55. The quantitative estimate of drug-likeness (QED) is 0.815. The van der Waals surface area contributed by atoms with Crippen LogP contribution in [-0.4, -0.2) is 17.2 Å². The maximum Gasteiger partial charge on any atom is 0.252 e. The number of fused-ring (bicyclic) bond motifs is 3. The van der Waals surface area contributed by atoms with Gasteiger partial charge in [0.1, 0.15) is 0 Å². The Hall–Kier alpha value is -2.37. The highest BCUT2D eigenvalue weighted by molar-refractivity contribution is 6.67. The summed E-state index contributed by atoms with van der Waals surface area (Å²) in [6.45, 7) is 0. The molecule has 5 rings (SSSR count). The fourth-order valence-corrected chi connectivity index (χ4v) is 4.30. The van der Waals surface area contributed by atoms with Crippen molar-refractivity contribution in [3.8, 4) is 0 Å². The predicted molar refractivity (Wildman–Crippen MR) is 100 cm³/mol. The van der Waals surface area contributed by atoms with Crippen LogP contribution in [0.25, 0.3) is 0 Å². The Morgan fingerprint density at radius 2 is 1.81 bits per heavy atom. The molecule has 1 saturated carbocycles. The molecule has 132 valence electrons. The third-order valence-corrected chi connectivity index (χ3v) is 5.84.